The molecule has 0 spiro atoms. The molecule has 5 heteroatoms. The van der Waals surface area contributed by atoms with Gasteiger partial charge in [-0.25, -0.2) is 0 Å². The Morgan fingerprint density at radius 1 is 1.20 bits per heavy atom. The molecule has 1 aromatic carbocycles. The van der Waals surface area contributed by atoms with Gasteiger partial charge in [0.1, 0.15) is 0 Å². The first-order valence-corrected chi connectivity index (χ1v) is 7.70. The van der Waals surface area contributed by atoms with Crippen LogP contribution < -0.4 is 5.32 Å². The zero-order valence-corrected chi connectivity index (χ0v) is 12.7. The summed E-state index contributed by atoms with van der Waals surface area (Å²) in [5, 5.41) is 12.0. The fourth-order valence-electron chi connectivity index (χ4n) is 1.86. The average molecular weight is 295 g/mol. The molecule has 0 aliphatic carbocycles. The molecule has 0 aliphatic rings. The Morgan fingerprint density at radius 2 is 1.80 bits per heavy atom. The molecule has 0 fully saturated rings. The third kappa shape index (κ3) is 4.56. The third-order valence-corrected chi connectivity index (χ3v) is 4.56. The van der Waals surface area contributed by atoms with Crippen LogP contribution >= 0.6 is 11.8 Å². The van der Waals surface area contributed by atoms with E-state index in [1.807, 2.05) is 44.2 Å². The van der Waals surface area contributed by atoms with E-state index in [9.17, 15) is 14.7 Å². The molecule has 0 radical (unpaired) electrons. The van der Waals surface area contributed by atoms with Gasteiger partial charge in [-0.2, -0.15) is 0 Å². The number of carboxylic acids is 1. The lowest BCUT2D eigenvalue weighted by Gasteiger charge is -2.26. The fraction of sp³-hybridized carbons (Fsp3) is 0.467. The highest BCUT2D eigenvalue weighted by Crippen LogP contribution is 2.25. The topological polar surface area (TPSA) is 66.4 Å². The molecular weight excluding hydrogens is 274 g/mol. The summed E-state index contributed by atoms with van der Waals surface area (Å²) in [4.78, 5) is 24.1. The number of carbonyl (C=O) groups excluding carboxylic acids is 1. The fourth-order valence-corrected chi connectivity index (χ4v) is 2.61. The molecule has 0 unspecified atom stereocenters. The molecule has 1 aromatic rings. The SMILES string of the molecule is CCC(CC)(CNC(=O)CSc1ccccc1)C(=O)O. The van der Waals surface area contributed by atoms with Gasteiger partial charge in [0.2, 0.25) is 5.91 Å². The summed E-state index contributed by atoms with van der Waals surface area (Å²) < 4.78 is 0. The number of carbonyl (C=O) groups is 2. The number of rotatable bonds is 8. The maximum Gasteiger partial charge on any atom is 0.311 e. The van der Waals surface area contributed by atoms with E-state index in [1.54, 1.807) is 0 Å². The van der Waals surface area contributed by atoms with E-state index >= 15 is 0 Å². The molecule has 0 bridgehead atoms. The molecule has 0 aliphatic heterocycles. The second-order valence-corrected chi connectivity index (χ2v) is 5.72. The van der Waals surface area contributed by atoms with E-state index in [2.05, 4.69) is 5.32 Å². The minimum Gasteiger partial charge on any atom is -0.481 e. The van der Waals surface area contributed by atoms with Gasteiger partial charge in [0, 0.05) is 11.4 Å². The quantitative estimate of drug-likeness (QED) is 0.724. The van der Waals surface area contributed by atoms with Gasteiger partial charge in [-0.15, -0.1) is 11.8 Å². The standard InChI is InChI=1S/C15H21NO3S/c1-3-15(4-2,14(18)19)11-16-13(17)10-20-12-8-6-5-7-9-12/h5-9H,3-4,10-11H2,1-2H3,(H,16,17)(H,18,19). The molecule has 1 rings (SSSR count). The van der Waals surface area contributed by atoms with Crippen LogP contribution in [0.2, 0.25) is 0 Å². The van der Waals surface area contributed by atoms with Crippen LogP contribution in [-0.4, -0.2) is 29.3 Å². The molecule has 1 amide bonds. The number of hydrogen-bond acceptors (Lipinski definition) is 3. The number of carboxylic acid groups (broad SMARTS) is 1. The smallest absolute Gasteiger partial charge is 0.311 e. The number of benzene rings is 1. The molecule has 0 saturated carbocycles. The summed E-state index contributed by atoms with van der Waals surface area (Å²) in [6.07, 6.45) is 1.01. The summed E-state index contributed by atoms with van der Waals surface area (Å²) in [5.41, 5.74) is -0.854. The Balaban J connectivity index is 2.44. The largest absolute Gasteiger partial charge is 0.481 e. The lowest BCUT2D eigenvalue weighted by atomic mass is 9.82. The van der Waals surface area contributed by atoms with E-state index < -0.39 is 11.4 Å². The van der Waals surface area contributed by atoms with E-state index in [4.69, 9.17) is 0 Å². The van der Waals surface area contributed by atoms with Gasteiger partial charge >= 0.3 is 5.97 Å². The summed E-state index contributed by atoms with van der Waals surface area (Å²) >= 11 is 1.44. The number of hydrogen-bond donors (Lipinski definition) is 2. The molecule has 0 aromatic heterocycles. The molecule has 2 N–H and O–H groups in total. The second kappa shape index (κ2) is 7.94. The number of aliphatic carboxylic acids is 1. The van der Waals surface area contributed by atoms with Crippen molar-refractivity contribution in [1.82, 2.24) is 5.32 Å². The van der Waals surface area contributed by atoms with Crippen LogP contribution in [0, 0.1) is 5.41 Å². The molecule has 4 nitrogen and oxygen atoms in total. The molecule has 0 heterocycles. The highest BCUT2D eigenvalue weighted by atomic mass is 32.2. The van der Waals surface area contributed by atoms with Crippen molar-refractivity contribution in [2.45, 2.75) is 31.6 Å². The maximum atomic E-state index is 11.8. The first-order chi connectivity index (χ1) is 9.54. The van der Waals surface area contributed by atoms with Crippen molar-refractivity contribution < 1.29 is 14.7 Å². The average Bonchev–Trinajstić information content (AvgIpc) is 2.47. The Morgan fingerprint density at radius 3 is 2.30 bits per heavy atom. The van der Waals surface area contributed by atoms with E-state index in [0.29, 0.717) is 18.6 Å². The van der Waals surface area contributed by atoms with E-state index in [0.717, 1.165) is 4.90 Å². The predicted molar refractivity (Wildman–Crippen MR) is 80.8 cm³/mol. The Hall–Kier alpha value is -1.49. The lowest BCUT2D eigenvalue weighted by molar-refractivity contribution is -0.149. The van der Waals surface area contributed by atoms with Gasteiger partial charge in [-0.05, 0) is 25.0 Å². The van der Waals surface area contributed by atoms with Crippen LogP contribution in [0.15, 0.2) is 35.2 Å². The molecule has 20 heavy (non-hydrogen) atoms. The van der Waals surface area contributed by atoms with Crippen LogP contribution in [-0.2, 0) is 9.59 Å². The zero-order valence-electron chi connectivity index (χ0n) is 11.9. The van der Waals surface area contributed by atoms with Crippen LogP contribution in [0.5, 0.6) is 0 Å². The normalized spacial score (nSPS) is 11.1. The molecular formula is C15H21NO3S. The van der Waals surface area contributed by atoms with Crippen molar-refractivity contribution in [3.05, 3.63) is 30.3 Å². The van der Waals surface area contributed by atoms with Crippen molar-refractivity contribution >= 4 is 23.6 Å². The first-order valence-electron chi connectivity index (χ1n) is 6.72. The van der Waals surface area contributed by atoms with E-state index in [1.165, 1.54) is 11.8 Å². The van der Waals surface area contributed by atoms with Crippen molar-refractivity contribution in [3.8, 4) is 0 Å². The van der Waals surface area contributed by atoms with Crippen molar-refractivity contribution in [2.75, 3.05) is 12.3 Å². The van der Waals surface area contributed by atoms with Gasteiger partial charge in [0.15, 0.2) is 0 Å². The zero-order chi connectivity index (χ0) is 15.0. The highest BCUT2D eigenvalue weighted by molar-refractivity contribution is 8.00. The Labute approximate surface area is 124 Å². The molecule has 0 atom stereocenters. The summed E-state index contributed by atoms with van der Waals surface area (Å²) in [5.74, 6) is -0.683. The van der Waals surface area contributed by atoms with Gasteiger partial charge in [-0.3, -0.25) is 9.59 Å². The summed E-state index contributed by atoms with van der Waals surface area (Å²) in [6, 6.07) is 9.65. The van der Waals surface area contributed by atoms with Crippen molar-refractivity contribution in [1.29, 1.82) is 0 Å². The summed E-state index contributed by atoms with van der Waals surface area (Å²) in [6.45, 7) is 3.86. The van der Waals surface area contributed by atoms with Gasteiger partial charge < -0.3 is 10.4 Å². The monoisotopic (exact) mass is 295 g/mol. The second-order valence-electron chi connectivity index (χ2n) is 4.67. The third-order valence-electron chi connectivity index (χ3n) is 3.54. The predicted octanol–water partition coefficient (Wildman–Crippen LogP) is 2.79. The summed E-state index contributed by atoms with van der Waals surface area (Å²) in [7, 11) is 0. The van der Waals surface area contributed by atoms with Crippen LogP contribution in [0.25, 0.3) is 0 Å². The van der Waals surface area contributed by atoms with Crippen molar-refractivity contribution in [2.24, 2.45) is 5.41 Å². The van der Waals surface area contributed by atoms with Crippen LogP contribution in [0.1, 0.15) is 26.7 Å². The van der Waals surface area contributed by atoms with Gasteiger partial charge in [-0.1, -0.05) is 32.0 Å². The van der Waals surface area contributed by atoms with Crippen LogP contribution in [0.3, 0.4) is 0 Å². The highest BCUT2D eigenvalue weighted by Gasteiger charge is 2.34. The minimum atomic E-state index is -0.854. The molecule has 110 valence electrons. The number of thioether (sulfide) groups is 1. The van der Waals surface area contributed by atoms with Gasteiger partial charge in [0.05, 0.1) is 11.2 Å². The lowest BCUT2D eigenvalue weighted by Crippen LogP contribution is -2.42. The first kappa shape index (κ1) is 16.6. The Kier molecular flexibility index (Phi) is 6.58. The van der Waals surface area contributed by atoms with Gasteiger partial charge in [0.25, 0.3) is 0 Å². The number of nitrogens with one attached hydrogen (secondary N) is 1. The maximum absolute atomic E-state index is 11.8. The molecule has 0 saturated heterocycles. The Bertz CT molecular complexity index is 444. The van der Waals surface area contributed by atoms with E-state index in [-0.39, 0.29) is 12.5 Å². The van der Waals surface area contributed by atoms with Crippen molar-refractivity contribution in [3.63, 3.8) is 0 Å². The van der Waals surface area contributed by atoms with Crippen LogP contribution in [0.4, 0.5) is 0 Å². The minimum absolute atomic E-state index is 0.133. The number of amides is 1.